The van der Waals surface area contributed by atoms with Crippen LogP contribution in [0.25, 0.3) is 10.9 Å². The number of aromatic nitrogens is 5. The fraction of sp³-hybridized carbons (Fsp3) is 0.238. The molecule has 0 bridgehead atoms. The molecule has 4 aromatic rings. The number of rotatable bonds is 4. The second-order valence-electron chi connectivity index (χ2n) is 7.05. The Bertz CT molecular complexity index is 1120. The van der Waals surface area contributed by atoms with E-state index in [9.17, 15) is 0 Å². The van der Waals surface area contributed by atoms with E-state index in [4.69, 9.17) is 5.10 Å². The number of nitrogens with zero attached hydrogens (tertiary/aromatic N) is 6. The van der Waals surface area contributed by atoms with Crippen molar-refractivity contribution < 1.29 is 0 Å². The maximum absolute atomic E-state index is 4.73. The van der Waals surface area contributed by atoms with E-state index < -0.39 is 0 Å². The largest absolute Gasteiger partial charge is 0.363 e. The first-order valence-electron chi connectivity index (χ1n) is 9.43. The predicted octanol–water partition coefficient (Wildman–Crippen LogP) is 3.16. The van der Waals surface area contributed by atoms with Gasteiger partial charge >= 0.3 is 0 Å². The topological polar surface area (TPSA) is 71.8 Å². The van der Waals surface area contributed by atoms with Gasteiger partial charge in [0.1, 0.15) is 0 Å². The minimum atomic E-state index is 0.612. The summed E-state index contributed by atoms with van der Waals surface area (Å²) >= 11 is 0. The molecule has 1 aliphatic rings. The highest BCUT2D eigenvalue weighted by Gasteiger charge is 2.20. The summed E-state index contributed by atoms with van der Waals surface area (Å²) in [6.07, 6.45) is 5.35. The van der Waals surface area contributed by atoms with Gasteiger partial charge < -0.3 is 10.2 Å². The van der Waals surface area contributed by atoms with Crippen LogP contribution < -0.4 is 10.2 Å². The highest BCUT2D eigenvalue weighted by Crippen LogP contribution is 2.29. The summed E-state index contributed by atoms with van der Waals surface area (Å²) in [6.45, 7) is 5.36. The normalized spacial score (nSPS) is 13.5. The lowest BCUT2D eigenvalue weighted by Crippen LogP contribution is -2.33. The number of nitrogens with one attached hydrogen (secondary N) is 1. The Labute approximate surface area is 163 Å². The first kappa shape index (κ1) is 16.7. The van der Waals surface area contributed by atoms with Gasteiger partial charge in [0, 0.05) is 36.2 Å². The van der Waals surface area contributed by atoms with E-state index >= 15 is 0 Å². The van der Waals surface area contributed by atoms with Crippen molar-refractivity contribution >= 4 is 22.5 Å². The maximum atomic E-state index is 4.73. The van der Waals surface area contributed by atoms with Crippen molar-refractivity contribution in [1.82, 2.24) is 24.7 Å². The van der Waals surface area contributed by atoms with Crippen LogP contribution in [0.15, 0.2) is 55.0 Å². The quantitative estimate of drug-likeness (QED) is 0.594. The lowest BCUT2D eigenvalue weighted by molar-refractivity contribution is 0.517. The van der Waals surface area contributed by atoms with Gasteiger partial charge in [-0.25, -0.2) is 9.97 Å². The summed E-state index contributed by atoms with van der Waals surface area (Å²) < 4.78 is 2.11. The molecule has 1 N–H and O–H groups in total. The minimum absolute atomic E-state index is 0.612. The molecule has 0 atom stereocenters. The molecule has 0 unspecified atom stereocenters. The van der Waals surface area contributed by atoms with Crippen molar-refractivity contribution in [1.29, 1.82) is 0 Å². The van der Waals surface area contributed by atoms with Crippen molar-refractivity contribution in [3.05, 3.63) is 71.9 Å². The van der Waals surface area contributed by atoms with Crippen molar-refractivity contribution in [2.45, 2.75) is 26.6 Å². The molecule has 0 fully saturated rings. The van der Waals surface area contributed by atoms with E-state index in [-0.39, 0.29) is 0 Å². The Hall–Kier alpha value is -3.48. The van der Waals surface area contributed by atoms with Crippen LogP contribution in [-0.2, 0) is 19.6 Å². The van der Waals surface area contributed by atoms with Crippen LogP contribution >= 0.6 is 0 Å². The smallest absolute Gasteiger partial charge is 0.222 e. The average Bonchev–Trinajstić information content (AvgIpc) is 3.14. The molecule has 0 saturated heterocycles. The van der Waals surface area contributed by atoms with Gasteiger partial charge in [-0.2, -0.15) is 5.10 Å². The third-order valence-electron chi connectivity index (χ3n) is 5.06. The molecule has 0 spiro atoms. The lowest BCUT2D eigenvalue weighted by Gasteiger charge is -2.30. The van der Waals surface area contributed by atoms with Gasteiger partial charge in [0.05, 0.1) is 36.5 Å². The molecule has 28 heavy (non-hydrogen) atoms. The Morgan fingerprint density at radius 2 is 1.89 bits per heavy atom. The fourth-order valence-corrected chi connectivity index (χ4v) is 3.70. The average molecular weight is 371 g/mol. The van der Waals surface area contributed by atoms with E-state index in [0.29, 0.717) is 12.5 Å². The summed E-state index contributed by atoms with van der Waals surface area (Å²) in [5.74, 6) is 0.619. The first-order valence-corrected chi connectivity index (χ1v) is 9.43. The van der Waals surface area contributed by atoms with Gasteiger partial charge in [0.15, 0.2) is 0 Å². The van der Waals surface area contributed by atoms with Crippen molar-refractivity contribution in [2.75, 3.05) is 16.8 Å². The van der Waals surface area contributed by atoms with Gasteiger partial charge in [0.2, 0.25) is 5.95 Å². The van der Waals surface area contributed by atoms with Crippen molar-refractivity contribution in [2.24, 2.45) is 0 Å². The third-order valence-corrected chi connectivity index (χ3v) is 5.06. The monoisotopic (exact) mass is 371 g/mol. The number of hydrogen-bond donors (Lipinski definition) is 1. The number of benzene rings is 1. The molecule has 1 aliphatic heterocycles. The Morgan fingerprint density at radius 3 is 2.79 bits per heavy atom. The van der Waals surface area contributed by atoms with Gasteiger partial charge in [-0.1, -0.05) is 11.6 Å². The van der Waals surface area contributed by atoms with Crippen LogP contribution in [0.3, 0.4) is 0 Å². The molecule has 3 aromatic heterocycles. The summed E-state index contributed by atoms with van der Waals surface area (Å²) in [5.41, 5.74) is 5.74. The van der Waals surface area contributed by atoms with Gasteiger partial charge in [-0.15, -0.1) is 0 Å². The molecule has 0 aliphatic carbocycles. The summed E-state index contributed by atoms with van der Waals surface area (Å²) in [4.78, 5) is 15.3. The van der Waals surface area contributed by atoms with Crippen molar-refractivity contribution in [3.63, 3.8) is 0 Å². The van der Waals surface area contributed by atoms with Gasteiger partial charge in [-0.05, 0) is 37.3 Å². The summed E-state index contributed by atoms with van der Waals surface area (Å²) in [7, 11) is 0. The molecular weight excluding hydrogens is 350 g/mol. The highest BCUT2D eigenvalue weighted by molar-refractivity contribution is 5.92. The molecule has 1 aromatic carbocycles. The number of pyridine rings is 1. The van der Waals surface area contributed by atoms with Crippen LogP contribution in [0.5, 0.6) is 0 Å². The zero-order valence-electron chi connectivity index (χ0n) is 15.7. The Balaban J connectivity index is 1.37. The zero-order chi connectivity index (χ0) is 18.9. The molecule has 0 amide bonds. The minimum Gasteiger partial charge on any atom is -0.363 e. The molecule has 5 rings (SSSR count). The maximum Gasteiger partial charge on any atom is 0.222 e. The molecule has 0 radical (unpaired) electrons. The molecular formula is C21H21N7. The molecule has 140 valence electrons. The SMILES string of the molecule is Cc1ccc2nccc(N3CCn4nc(CNc5ncccn5)cc4C3)c2c1. The van der Waals surface area contributed by atoms with Crippen LogP contribution in [0.2, 0.25) is 0 Å². The summed E-state index contributed by atoms with van der Waals surface area (Å²) in [5, 5.41) is 9.16. The van der Waals surface area contributed by atoms with Crippen LogP contribution in [0, 0.1) is 6.92 Å². The highest BCUT2D eigenvalue weighted by atomic mass is 15.3. The fourth-order valence-electron chi connectivity index (χ4n) is 3.70. The standard InChI is InChI=1S/C21H21N7/c1-15-3-4-19-18(11-15)20(5-8-22-19)27-9-10-28-17(14-27)12-16(26-28)13-25-21-23-6-2-7-24-21/h2-8,11-12H,9-10,13-14H2,1H3,(H,23,24,25). The molecule has 0 saturated carbocycles. The van der Waals surface area contributed by atoms with E-state index in [0.717, 1.165) is 30.8 Å². The predicted molar refractivity (Wildman–Crippen MR) is 109 cm³/mol. The molecule has 7 nitrogen and oxygen atoms in total. The Kier molecular flexibility index (Phi) is 4.12. The van der Waals surface area contributed by atoms with Crippen molar-refractivity contribution in [3.8, 4) is 0 Å². The van der Waals surface area contributed by atoms with E-state index in [1.807, 2.05) is 6.20 Å². The number of hydrogen-bond acceptors (Lipinski definition) is 6. The molecule has 4 heterocycles. The van der Waals surface area contributed by atoms with E-state index in [1.54, 1.807) is 18.5 Å². The number of aryl methyl sites for hydroxylation is 1. The second-order valence-corrected chi connectivity index (χ2v) is 7.05. The van der Waals surface area contributed by atoms with Crippen LogP contribution in [0.4, 0.5) is 11.6 Å². The third kappa shape index (κ3) is 3.15. The van der Waals surface area contributed by atoms with Gasteiger partial charge in [0.25, 0.3) is 0 Å². The lowest BCUT2D eigenvalue weighted by atomic mass is 10.1. The van der Waals surface area contributed by atoms with Crippen LogP contribution in [-0.4, -0.2) is 31.3 Å². The first-order chi connectivity index (χ1) is 13.8. The Morgan fingerprint density at radius 1 is 1.00 bits per heavy atom. The zero-order valence-corrected chi connectivity index (χ0v) is 15.7. The van der Waals surface area contributed by atoms with Crippen LogP contribution in [0.1, 0.15) is 17.0 Å². The van der Waals surface area contributed by atoms with Gasteiger partial charge in [-0.3, -0.25) is 9.67 Å². The molecule has 7 heteroatoms. The number of fused-ring (bicyclic) bond motifs is 2. The number of anilines is 2. The van der Waals surface area contributed by atoms with E-state index in [1.165, 1.54) is 22.3 Å². The van der Waals surface area contributed by atoms with E-state index in [2.05, 4.69) is 67.1 Å². The second kappa shape index (κ2) is 6.92. The summed E-state index contributed by atoms with van der Waals surface area (Å²) in [6, 6.07) is 12.5.